The Bertz CT molecular complexity index is 634. The molecule has 0 amide bonds. The summed E-state index contributed by atoms with van der Waals surface area (Å²) in [4.78, 5) is 11.2. The minimum absolute atomic E-state index is 0.168. The summed E-state index contributed by atoms with van der Waals surface area (Å²) < 4.78 is 38.4. The lowest BCUT2D eigenvalue weighted by atomic mass is 9.86. The average molecular weight is 282 g/mol. The zero-order chi connectivity index (χ0) is 14.9. The second-order valence-electron chi connectivity index (χ2n) is 4.75. The number of hydrogen-bond donors (Lipinski definition) is 1. The Morgan fingerprint density at radius 3 is 2.25 bits per heavy atom. The van der Waals surface area contributed by atoms with Crippen molar-refractivity contribution in [3.63, 3.8) is 0 Å². The molecule has 5 heteroatoms. The molecule has 2 rings (SSSR count). The number of rotatable bonds is 3. The van der Waals surface area contributed by atoms with E-state index in [1.165, 1.54) is 12.1 Å². The van der Waals surface area contributed by atoms with Gasteiger partial charge in [0.1, 0.15) is 0 Å². The maximum Gasteiger partial charge on any atom is 0.392 e. The molecule has 2 aromatic carbocycles. The highest BCUT2D eigenvalue weighted by atomic mass is 19.4. The molecule has 20 heavy (non-hydrogen) atoms. The van der Waals surface area contributed by atoms with Crippen molar-refractivity contribution in [1.82, 2.24) is 0 Å². The SMILES string of the molecule is C[C@H](C(C(=O)O)c1ccc2ccccc2c1)C(F)(F)F. The third-order valence-electron chi connectivity index (χ3n) is 3.41. The Labute approximate surface area is 113 Å². The maximum absolute atomic E-state index is 12.8. The lowest BCUT2D eigenvalue weighted by Crippen LogP contribution is -2.31. The van der Waals surface area contributed by atoms with E-state index in [9.17, 15) is 18.0 Å². The van der Waals surface area contributed by atoms with E-state index in [0.29, 0.717) is 0 Å². The van der Waals surface area contributed by atoms with E-state index in [-0.39, 0.29) is 5.56 Å². The fraction of sp³-hybridized carbons (Fsp3) is 0.267. The molecule has 0 aliphatic rings. The lowest BCUT2D eigenvalue weighted by Gasteiger charge is -2.23. The fourth-order valence-corrected chi connectivity index (χ4v) is 2.24. The maximum atomic E-state index is 12.8. The van der Waals surface area contributed by atoms with Gasteiger partial charge in [0.15, 0.2) is 0 Å². The van der Waals surface area contributed by atoms with Gasteiger partial charge in [-0.25, -0.2) is 0 Å². The summed E-state index contributed by atoms with van der Waals surface area (Å²) in [5.74, 6) is -5.01. The van der Waals surface area contributed by atoms with Gasteiger partial charge in [-0.15, -0.1) is 0 Å². The second kappa shape index (κ2) is 5.15. The molecular weight excluding hydrogens is 269 g/mol. The van der Waals surface area contributed by atoms with Crippen molar-refractivity contribution in [2.24, 2.45) is 5.92 Å². The summed E-state index contributed by atoms with van der Waals surface area (Å²) in [6.45, 7) is 0.897. The predicted molar refractivity (Wildman–Crippen MR) is 69.5 cm³/mol. The molecule has 0 fully saturated rings. The van der Waals surface area contributed by atoms with Gasteiger partial charge in [-0.05, 0) is 16.3 Å². The molecule has 0 saturated carbocycles. The van der Waals surface area contributed by atoms with Crippen molar-refractivity contribution in [2.75, 3.05) is 0 Å². The zero-order valence-corrected chi connectivity index (χ0v) is 10.7. The van der Waals surface area contributed by atoms with Crippen LogP contribution in [0, 0.1) is 5.92 Å². The van der Waals surface area contributed by atoms with Gasteiger partial charge < -0.3 is 5.11 Å². The van der Waals surface area contributed by atoms with Crippen LogP contribution in [0.2, 0.25) is 0 Å². The van der Waals surface area contributed by atoms with Crippen molar-refractivity contribution in [3.8, 4) is 0 Å². The summed E-state index contributed by atoms with van der Waals surface area (Å²) in [5.41, 5.74) is 0.168. The standard InChI is InChI=1S/C15H13F3O2/c1-9(15(16,17)18)13(14(19)20)12-7-6-10-4-2-3-5-11(10)8-12/h2-9,13H,1H3,(H,19,20)/t9-,13?/m1/s1. The van der Waals surface area contributed by atoms with Crippen LogP contribution in [-0.2, 0) is 4.79 Å². The highest BCUT2D eigenvalue weighted by molar-refractivity contribution is 5.85. The van der Waals surface area contributed by atoms with E-state index in [4.69, 9.17) is 5.11 Å². The minimum Gasteiger partial charge on any atom is -0.481 e. The Balaban J connectivity index is 2.49. The fourth-order valence-electron chi connectivity index (χ4n) is 2.24. The third kappa shape index (κ3) is 2.76. The summed E-state index contributed by atoms with van der Waals surface area (Å²) in [7, 11) is 0. The Kier molecular flexibility index (Phi) is 3.70. The van der Waals surface area contributed by atoms with Crippen LogP contribution in [0.4, 0.5) is 13.2 Å². The molecule has 0 heterocycles. The molecule has 1 N–H and O–H groups in total. The van der Waals surface area contributed by atoms with Crippen molar-refractivity contribution in [1.29, 1.82) is 0 Å². The Morgan fingerprint density at radius 1 is 1.10 bits per heavy atom. The molecule has 2 nitrogen and oxygen atoms in total. The number of fused-ring (bicyclic) bond motifs is 1. The molecule has 0 aromatic heterocycles. The van der Waals surface area contributed by atoms with Crippen molar-refractivity contribution >= 4 is 16.7 Å². The van der Waals surface area contributed by atoms with Crippen LogP contribution in [0.15, 0.2) is 42.5 Å². The zero-order valence-electron chi connectivity index (χ0n) is 10.7. The monoisotopic (exact) mass is 282 g/mol. The predicted octanol–water partition coefficient (Wildman–Crippen LogP) is 4.21. The average Bonchev–Trinajstić information content (AvgIpc) is 2.37. The van der Waals surface area contributed by atoms with E-state index in [2.05, 4.69) is 0 Å². The first-order valence-corrected chi connectivity index (χ1v) is 6.09. The highest BCUT2D eigenvalue weighted by Crippen LogP contribution is 2.38. The lowest BCUT2D eigenvalue weighted by molar-refractivity contribution is -0.183. The third-order valence-corrected chi connectivity index (χ3v) is 3.41. The van der Waals surface area contributed by atoms with Gasteiger partial charge in [0, 0.05) is 0 Å². The van der Waals surface area contributed by atoms with Crippen LogP contribution < -0.4 is 0 Å². The van der Waals surface area contributed by atoms with Gasteiger partial charge in [0.25, 0.3) is 0 Å². The number of halogens is 3. The van der Waals surface area contributed by atoms with E-state index in [1.807, 2.05) is 12.1 Å². The second-order valence-corrected chi connectivity index (χ2v) is 4.75. The first kappa shape index (κ1) is 14.4. The Hall–Kier alpha value is -2.04. The van der Waals surface area contributed by atoms with Gasteiger partial charge in [-0.1, -0.05) is 49.4 Å². The number of carbonyl (C=O) groups is 1. The van der Waals surface area contributed by atoms with Gasteiger partial charge >= 0.3 is 12.1 Å². The van der Waals surface area contributed by atoms with E-state index in [0.717, 1.165) is 17.7 Å². The highest BCUT2D eigenvalue weighted by Gasteiger charge is 2.45. The van der Waals surface area contributed by atoms with E-state index < -0.39 is 24.0 Å². The summed E-state index contributed by atoms with van der Waals surface area (Å²) in [5, 5.41) is 10.7. The van der Waals surface area contributed by atoms with Crippen LogP contribution >= 0.6 is 0 Å². The normalized spacial score (nSPS) is 15.0. The number of carboxylic acids is 1. The number of aliphatic carboxylic acids is 1. The van der Waals surface area contributed by atoms with Crippen molar-refractivity contribution in [3.05, 3.63) is 48.0 Å². The van der Waals surface area contributed by atoms with Gasteiger partial charge in [-0.3, -0.25) is 4.79 Å². The number of benzene rings is 2. The first-order valence-electron chi connectivity index (χ1n) is 6.09. The van der Waals surface area contributed by atoms with Crippen molar-refractivity contribution < 1.29 is 23.1 Å². The summed E-state index contributed by atoms with van der Waals surface area (Å²) >= 11 is 0. The van der Waals surface area contributed by atoms with Gasteiger partial charge in [-0.2, -0.15) is 13.2 Å². The topological polar surface area (TPSA) is 37.3 Å². The van der Waals surface area contributed by atoms with Crippen LogP contribution in [0.25, 0.3) is 10.8 Å². The molecule has 106 valence electrons. The number of carboxylic acid groups (broad SMARTS) is 1. The van der Waals surface area contributed by atoms with Crippen LogP contribution in [-0.4, -0.2) is 17.3 Å². The van der Waals surface area contributed by atoms with Crippen LogP contribution in [0.3, 0.4) is 0 Å². The van der Waals surface area contributed by atoms with Crippen LogP contribution in [0.1, 0.15) is 18.4 Å². The summed E-state index contributed by atoms with van der Waals surface area (Å²) in [6.07, 6.45) is -4.55. The van der Waals surface area contributed by atoms with Crippen LogP contribution in [0.5, 0.6) is 0 Å². The first-order chi connectivity index (χ1) is 9.30. The molecule has 2 atom stereocenters. The molecule has 0 bridgehead atoms. The molecule has 2 aromatic rings. The molecule has 0 radical (unpaired) electrons. The van der Waals surface area contributed by atoms with Gasteiger partial charge in [0.2, 0.25) is 0 Å². The van der Waals surface area contributed by atoms with E-state index >= 15 is 0 Å². The summed E-state index contributed by atoms with van der Waals surface area (Å²) in [6, 6.07) is 11.7. The van der Waals surface area contributed by atoms with Crippen molar-refractivity contribution in [2.45, 2.75) is 19.0 Å². The molecule has 0 aliphatic carbocycles. The molecule has 1 unspecified atom stereocenters. The molecule has 0 aliphatic heterocycles. The molecule has 0 spiro atoms. The molecular formula is C15H13F3O2. The van der Waals surface area contributed by atoms with Gasteiger partial charge in [0.05, 0.1) is 11.8 Å². The van der Waals surface area contributed by atoms with E-state index in [1.54, 1.807) is 18.2 Å². The smallest absolute Gasteiger partial charge is 0.392 e. The minimum atomic E-state index is -4.55. The number of alkyl halides is 3. The molecule has 0 saturated heterocycles. The quantitative estimate of drug-likeness (QED) is 0.915. The largest absolute Gasteiger partial charge is 0.481 e. The Morgan fingerprint density at radius 2 is 1.70 bits per heavy atom. The number of hydrogen-bond acceptors (Lipinski definition) is 1.